The molecular formula is C18H16N2O2. The van der Waals surface area contributed by atoms with Gasteiger partial charge in [-0.15, -0.1) is 0 Å². The quantitative estimate of drug-likeness (QED) is 0.750. The van der Waals surface area contributed by atoms with Gasteiger partial charge < -0.3 is 9.67 Å². The number of fused-ring (bicyclic) bond motifs is 1. The van der Waals surface area contributed by atoms with Gasteiger partial charge in [-0.3, -0.25) is 0 Å². The predicted octanol–water partition coefficient (Wildman–Crippen LogP) is 3.65. The van der Waals surface area contributed by atoms with Gasteiger partial charge in [-0.05, 0) is 30.2 Å². The van der Waals surface area contributed by atoms with Crippen molar-refractivity contribution in [3.8, 4) is 11.3 Å². The topological polar surface area (TPSA) is 55.1 Å². The highest BCUT2D eigenvalue weighted by molar-refractivity contribution is 5.98. The minimum atomic E-state index is -0.961. The van der Waals surface area contributed by atoms with Gasteiger partial charge in [0.05, 0.1) is 5.69 Å². The van der Waals surface area contributed by atoms with Crippen molar-refractivity contribution in [2.24, 2.45) is 7.05 Å². The molecule has 0 amide bonds. The van der Waals surface area contributed by atoms with Gasteiger partial charge in [0.1, 0.15) is 5.65 Å². The van der Waals surface area contributed by atoms with Gasteiger partial charge in [0.2, 0.25) is 0 Å². The third kappa shape index (κ3) is 2.39. The average Bonchev–Trinajstić information content (AvgIpc) is 2.78. The highest BCUT2D eigenvalue weighted by Gasteiger charge is 2.16. The van der Waals surface area contributed by atoms with E-state index >= 15 is 0 Å². The van der Waals surface area contributed by atoms with Crippen LogP contribution < -0.4 is 0 Å². The van der Waals surface area contributed by atoms with E-state index < -0.39 is 5.97 Å². The lowest BCUT2D eigenvalue weighted by atomic mass is 10.0. The maximum absolute atomic E-state index is 10.9. The van der Waals surface area contributed by atoms with Gasteiger partial charge in [0.25, 0.3) is 0 Å². The molecule has 0 unspecified atom stereocenters. The van der Waals surface area contributed by atoms with Crippen LogP contribution in [-0.4, -0.2) is 20.6 Å². The first-order valence-corrected chi connectivity index (χ1v) is 6.99. The lowest BCUT2D eigenvalue weighted by molar-refractivity contribution is -0.131. The van der Waals surface area contributed by atoms with Crippen LogP contribution in [-0.2, 0) is 11.8 Å². The van der Waals surface area contributed by atoms with Gasteiger partial charge in [-0.2, -0.15) is 0 Å². The van der Waals surface area contributed by atoms with E-state index in [2.05, 4.69) is 4.98 Å². The molecule has 1 N–H and O–H groups in total. The van der Waals surface area contributed by atoms with Crippen LogP contribution in [0.1, 0.15) is 11.1 Å². The number of carbonyl (C=O) groups is 1. The van der Waals surface area contributed by atoms with E-state index in [4.69, 9.17) is 5.11 Å². The van der Waals surface area contributed by atoms with E-state index in [9.17, 15) is 4.79 Å². The first-order chi connectivity index (χ1) is 10.6. The number of hydrogen-bond acceptors (Lipinski definition) is 2. The Hall–Kier alpha value is -2.88. The second-order valence-corrected chi connectivity index (χ2v) is 5.24. The summed E-state index contributed by atoms with van der Waals surface area (Å²) in [4.78, 5) is 15.4. The number of nitrogens with zero attached hydrogens (tertiary/aromatic N) is 2. The molecule has 0 aliphatic heterocycles. The van der Waals surface area contributed by atoms with E-state index in [0.29, 0.717) is 0 Å². The van der Waals surface area contributed by atoms with Gasteiger partial charge in [-0.1, -0.05) is 30.3 Å². The average molecular weight is 292 g/mol. The molecule has 0 saturated heterocycles. The van der Waals surface area contributed by atoms with Gasteiger partial charge >= 0.3 is 5.97 Å². The monoisotopic (exact) mass is 292 g/mol. The summed E-state index contributed by atoms with van der Waals surface area (Å²) in [7, 11) is 1.95. The maximum Gasteiger partial charge on any atom is 0.328 e. The van der Waals surface area contributed by atoms with Crippen molar-refractivity contribution in [3.63, 3.8) is 0 Å². The second-order valence-electron chi connectivity index (χ2n) is 5.24. The van der Waals surface area contributed by atoms with Crippen molar-refractivity contribution in [3.05, 3.63) is 59.8 Å². The van der Waals surface area contributed by atoms with Crippen molar-refractivity contribution < 1.29 is 9.90 Å². The number of carboxylic acids is 1. The van der Waals surface area contributed by atoms with Crippen LogP contribution in [0.5, 0.6) is 0 Å². The molecule has 0 fully saturated rings. The Kier molecular flexibility index (Phi) is 3.51. The Balaban J connectivity index is 2.36. The highest BCUT2D eigenvalue weighted by Crippen LogP contribution is 2.33. The van der Waals surface area contributed by atoms with Crippen LogP contribution in [0, 0.1) is 6.92 Å². The Bertz CT molecular complexity index is 877. The van der Waals surface area contributed by atoms with Crippen molar-refractivity contribution >= 4 is 23.1 Å². The smallest absolute Gasteiger partial charge is 0.328 e. The first-order valence-electron chi connectivity index (χ1n) is 6.99. The number of benzene rings is 1. The van der Waals surface area contributed by atoms with E-state index in [-0.39, 0.29) is 0 Å². The minimum Gasteiger partial charge on any atom is -0.478 e. The molecule has 4 nitrogen and oxygen atoms in total. The molecule has 0 bridgehead atoms. The van der Waals surface area contributed by atoms with Crippen LogP contribution in [0.15, 0.2) is 48.7 Å². The van der Waals surface area contributed by atoms with Crippen LogP contribution >= 0.6 is 0 Å². The molecule has 2 aromatic heterocycles. The summed E-state index contributed by atoms with van der Waals surface area (Å²) in [5.74, 6) is -0.961. The number of aliphatic carboxylic acids is 1. The minimum absolute atomic E-state index is 0.842. The third-order valence-electron chi connectivity index (χ3n) is 3.64. The van der Waals surface area contributed by atoms with E-state index in [1.165, 1.54) is 6.08 Å². The van der Waals surface area contributed by atoms with Crippen molar-refractivity contribution in [2.75, 3.05) is 0 Å². The van der Waals surface area contributed by atoms with Crippen LogP contribution in [0.25, 0.3) is 28.4 Å². The Labute approximate surface area is 128 Å². The molecule has 4 heteroatoms. The van der Waals surface area contributed by atoms with Gasteiger partial charge in [0, 0.05) is 30.3 Å². The molecule has 1 aromatic carbocycles. The van der Waals surface area contributed by atoms with Gasteiger partial charge in [0.15, 0.2) is 0 Å². The van der Waals surface area contributed by atoms with Crippen molar-refractivity contribution in [1.29, 1.82) is 0 Å². The molecule has 110 valence electrons. The zero-order chi connectivity index (χ0) is 15.7. The molecule has 2 heterocycles. The van der Waals surface area contributed by atoms with Crippen LogP contribution in [0.4, 0.5) is 0 Å². The van der Waals surface area contributed by atoms with E-state index in [1.807, 2.05) is 61.1 Å². The first kappa shape index (κ1) is 14.1. The summed E-state index contributed by atoms with van der Waals surface area (Å²) >= 11 is 0. The zero-order valence-electron chi connectivity index (χ0n) is 12.4. The molecule has 0 aliphatic rings. The Morgan fingerprint density at radius 1 is 1.27 bits per heavy atom. The largest absolute Gasteiger partial charge is 0.478 e. The van der Waals surface area contributed by atoms with Crippen molar-refractivity contribution in [1.82, 2.24) is 9.55 Å². The molecule has 0 atom stereocenters. The molecule has 0 spiro atoms. The molecule has 22 heavy (non-hydrogen) atoms. The summed E-state index contributed by atoms with van der Waals surface area (Å²) < 4.78 is 2.01. The molecule has 3 rings (SSSR count). The normalized spacial score (nSPS) is 11.4. The van der Waals surface area contributed by atoms with E-state index in [1.54, 1.807) is 6.08 Å². The predicted molar refractivity (Wildman–Crippen MR) is 87.6 cm³/mol. The number of aryl methyl sites for hydroxylation is 2. The maximum atomic E-state index is 10.9. The lowest BCUT2D eigenvalue weighted by Crippen LogP contribution is -1.94. The number of pyridine rings is 1. The second kappa shape index (κ2) is 5.48. The highest BCUT2D eigenvalue weighted by atomic mass is 16.4. The molecule has 0 radical (unpaired) electrons. The summed E-state index contributed by atoms with van der Waals surface area (Å²) in [5, 5.41) is 9.92. The van der Waals surface area contributed by atoms with Crippen LogP contribution in [0.3, 0.4) is 0 Å². The molecule has 3 aromatic rings. The third-order valence-corrected chi connectivity index (χ3v) is 3.64. The fourth-order valence-electron chi connectivity index (χ4n) is 2.71. The number of rotatable bonds is 3. The van der Waals surface area contributed by atoms with Gasteiger partial charge in [-0.25, -0.2) is 9.78 Å². The fourth-order valence-corrected chi connectivity index (χ4v) is 2.71. The molecule has 0 aliphatic carbocycles. The summed E-state index contributed by atoms with van der Waals surface area (Å²) in [6.45, 7) is 1.98. The van der Waals surface area contributed by atoms with Crippen LogP contribution in [0.2, 0.25) is 0 Å². The summed E-state index contributed by atoms with van der Waals surface area (Å²) in [6.07, 6.45) is 4.64. The number of hydrogen-bond donors (Lipinski definition) is 1. The standard InChI is InChI=1S/C18H16N2O2/c1-12-10-15-14(8-9-16(21)22)17(13-6-4-3-5-7-13)20(2)18(15)19-11-12/h3-11H,1-2H3,(H,21,22). The number of aromatic nitrogens is 2. The van der Waals surface area contributed by atoms with E-state index in [0.717, 1.165) is 33.4 Å². The fraction of sp³-hybridized carbons (Fsp3) is 0.111. The lowest BCUT2D eigenvalue weighted by Gasteiger charge is -2.05. The summed E-state index contributed by atoms with van der Waals surface area (Å²) in [6, 6.07) is 12.0. The molecular weight excluding hydrogens is 276 g/mol. The Morgan fingerprint density at radius 2 is 2.00 bits per heavy atom. The zero-order valence-corrected chi connectivity index (χ0v) is 12.4. The SMILES string of the molecule is Cc1cnc2c(c1)c(C=CC(=O)O)c(-c1ccccc1)n2C. The summed E-state index contributed by atoms with van der Waals surface area (Å²) in [5.41, 5.74) is 4.76. The number of carboxylic acid groups (broad SMARTS) is 1. The molecule has 0 saturated carbocycles. The Morgan fingerprint density at radius 3 is 2.68 bits per heavy atom. The van der Waals surface area contributed by atoms with Crippen molar-refractivity contribution in [2.45, 2.75) is 6.92 Å².